The van der Waals surface area contributed by atoms with Gasteiger partial charge >= 0.3 is 5.97 Å². The molecule has 1 unspecified atom stereocenters. The van der Waals surface area contributed by atoms with Crippen LogP contribution in [-0.4, -0.2) is 46.7 Å². The van der Waals surface area contributed by atoms with Gasteiger partial charge in [-0.3, -0.25) is 9.59 Å². The molecule has 2 heterocycles. The minimum Gasteiger partial charge on any atom is -0.466 e. The van der Waals surface area contributed by atoms with Gasteiger partial charge in [0.25, 0.3) is 0 Å². The number of aromatic nitrogens is 1. The van der Waals surface area contributed by atoms with Gasteiger partial charge in [0.05, 0.1) is 28.0 Å². The molecule has 5 nitrogen and oxygen atoms in total. The van der Waals surface area contributed by atoms with E-state index in [-0.39, 0.29) is 23.0 Å². The van der Waals surface area contributed by atoms with Crippen molar-refractivity contribution in [1.82, 2.24) is 9.88 Å². The maximum atomic E-state index is 12.7. The number of carbonyl (C=O) groups is 2. The van der Waals surface area contributed by atoms with Crippen molar-refractivity contribution < 1.29 is 14.3 Å². The second kappa shape index (κ2) is 8.19. The predicted molar refractivity (Wildman–Crippen MR) is 101 cm³/mol. The minimum atomic E-state index is -0.181. The average molecular weight is 379 g/mol. The standard InChI is InChI=1S/C18H22N2O3S2/c1-3-23-17(22)13-8-10-20(11-9-13)16(21)12(2)24-18-19-14-6-4-5-7-15(14)25-18/h4-7,12-13H,3,8-11H2,1-2H3. The van der Waals surface area contributed by atoms with E-state index in [0.29, 0.717) is 32.5 Å². The van der Waals surface area contributed by atoms with Crippen molar-refractivity contribution in [1.29, 1.82) is 0 Å². The Kier molecular flexibility index (Phi) is 5.96. The number of para-hydroxylation sites is 1. The molecule has 1 fully saturated rings. The van der Waals surface area contributed by atoms with Gasteiger partial charge in [-0.15, -0.1) is 11.3 Å². The van der Waals surface area contributed by atoms with Crippen molar-refractivity contribution in [3.8, 4) is 0 Å². The molecule has 0 aliphatic carbocycles. The summed E-state index contributed by atoms with van der Waals surface area (Å²) in [5.41, 5.74) is 0.977. The first kappa shape index (κ1) is 18.2. The lowest BCUT2D eigenvalue weighted by atomic mass is 9.97. The number of ether oxygens (including phenoxy) is 1. The molecule has 0 saturated carbocycles. The van der Waals surface area contributed by atoms with Crippen LogP contribution in [0.15, 0.2) is 28.6 Å². The lowest BCUT2D eigenvalue weighted by molar-refractivity contribution is -0.151. The molecule has 0 N–H and O–H groups in total. The second-order valence-electron chi connectivity index (χ2n) is 6.06. The lowest BCUT2D eigenvalue weighted by Crippen LogP contribution is -2.43. The first-order valence-electron chi connectivity index (χ1n) is 8.56. The third kappa shape index (κ3) is 4.33. The normalized spacial score (nSPS) is 16.8. The Balaban J connectivity index is 1.55. The van der Waals surface area contributed by atoms with Crippen LogP contribution in [0.4, 0.5) is 0 Å². The fourth-order valence-electron chi connectivity index (χ4n) is 2.96. The molecule has 1 aliphatic heterocycles. The number of carbonyl (C=O) groups excluding carboxylic acids is 2. The molecule has 1 aromatic heterocycles. The maximum absolute atomic E-state index is 12.7. The molecule has 1 aromatic carbocycles. The highest BCUT2D eigenvalue weighted by Gasteiger charge is 2.30. The number of esters is 1. The second-order valence-corrected chi connectivity index (χ2v) is 8.68. The van der Waals surface area contributed by atoms with Gasteiger partial charge in [0.2, 0.25) is 5.91 Å². The van der Waals surface area contributed by atoms with Gasteiger partial charge < -0.3 is 9.64 Å². The van der Waals surface area contributed by atoms with E-state index < -0.39 is 0 Å². The number of thiazole rings is 1. The zero-order chi connectivity index (χ0) is 17.8. The summed E-state index contributed by atoms with van der Waals surface area (Å²) < 4.78 is 7.14. The number of rotatable bonds is 5. The number of nitrogens with zero attached hydrogens (tertiary/aromatic N) is 2. The van der Waals surface area contributed by atoms with Crippen LogP contribution < -0.4 is 0 Å². The molecule has 1 amide bonds. The monoisotopic (exact) mass is 378 g/mol. The maximum Gasteiger partial charge on any atom is 0.309 e. The van der Waals surface area contributed by atoms with E-state index in [1.54, 1.807) is 11.3 Å². The number of likely N-dealkylation sites (tertiary alicyclic amines) is 1. The summed E-state index contributed by atoms with van der Waals surface area (Å²) in [5.74, 6) is -0.0886. The molecule has 134 valence electrons. The number of fused-ring (bicyclic) bond motifs is 1. The molecule has 1 atom stereocenters. The summed E-state index contributed by atoms with van der Waals surface area (Å²) in [7, 11) is 0. The zero-order valence-electron chi connectivity index (χ0n) is 14.4. The van der Waals surface area contributed by atoms with E-state index in [4.69, 9.17) is 4.74 Å². The highest BCUT2D eigenvalue weighted by molar-refractivity contribution is 8.02. The van der Waals surface area contributed by atoms with E-state index >= 15 is 0 Å². The van der Waals surface area contributed by atoms with Crippen molar-refractivity contribution in [2.24, 2.45) is 5.92 Å². The van der Waals surface area contributed by atoms with Crippen LogP contribution in [0.2, 0.25) is 0 Å². The van der Waals surface area contributed by atoms with E-state index in [0.717, 1.165) is 14.6 Å². The van der Waals surface area contributed by atoms with Gasteiger partial charge in [0, 0.05) is 13.1 Å². The third-order valence-corrected chi connectivity index (χ3v) is 6.54. The van der Waals surface area contributed by atoms with Gasteiger partial charge in [-0.2, -0.15) is 0 Å². The Morgan fingerprint density at radius 3 is 2.76 bits per heavy atom. The van der Waals surface area contributed by atoms with E-state index in [1.807, 2.05) is 43.0 Å². The highest BCUT2D eigenvalue weighted by Crippen LogP contribution is 2.33. The van der Waals surface area contributed by atoms with E-state index in [9.17, 15) is 9.59 Å². The molecule has 0 spiro atoms. The Bertz CT molecular complexity index is 721. The molecule has 3 rings (SSSR count). The number of thioether (sulfide) groups is 1. The van der Waals surface area contributed by atoms with Crippen molar-refractivity contribution in [2.45, 2.75) is 36.3 Å². The summed E-state index contributed by atoms with van der Waals surface area (Å²) in [6.45, 7) is 5.39. The molecule has 1 saturated heterocycles. The average Bonchev–Trinajstić information content (AvgIpc) is 3.03. The Labute approximate surface area is 155 Å². The van der Waals surface area contributed by atoms with Crippen molar-refractivity contribution in [3.05, 3.63) is 24.3 Å². The van der Waals surface area contributed by atoms with Crippen LogP contribution in [0.25, 0.3) is 10.2 Å². The van der Waals surface area contributed by atoms with E-state index in [1.165, 1.54) is 11.8 Å². The smallest absolute Gasteiger partial charge is 0.309 e. The number of amides is 1. The molecular formula is C18H22N2O3S2. The summed E-state index contributed by atoms with van der Waals surface area (Å²) >= 11 is 3.13. The van der Waals surface area contributed by atoms with Gasteiger partial charge in [-0.25, -0.2) is 4.98 Å². The fraction of sp³-hybridized carbons (Fsp3) is 0.500. The number of benzene rings is 1. The van der Waals surface area contributed by atoms with Crippen molar-refractivity contribution in [3.63, 3.8) is 0 Å². The van der Waals surface area contributed by atoms with Crippen LogP contribution in [-0.2, 0) is 14.3 Å². The summed E-state index contributed by atoms with van der Waals surface area (Å²) in [6.07, 6.45) is 1.37. The summed E-state index contributed by atoms with van der Waals surface area (Å²) in [5, 5.41) is -0.181. The number of hydrogen-bond acceptors (Lipinski definition) is 6. The largest absolute Gasteiger partial charge is 0.466 e. The lowest BCUT2D eigenvalue weighted by Gasteiger charge is -2.32. The first-order valence-corrected chi connectivity index (χ1v) is 10.3. The van der Waals surface area contributed by atoms with Crippen LogP contribution >= 0.6 is 23.1 Å². The first-order chi connectivity index (χ1) is 12.1. The van der Waals surface area contributed by atoms with Crippen LogP contribution in [0.5, 0.6) is 0 Å². The number of hydrogen-bond donors (Lipinski definition) is 0. The predicted octanol–water partition coefficient (Wildman–Crippen LogP) is 3.58. The van der Waals surface area contributed by atoms with Gasteiger partial charge in [-0.05, 0) is 38.8 Å². The van der Waals surface area contributed by atoms with Gasteiger partial charge in [0.1, 0.15) is 0 Å². The Hall–Kier alpha value is -1.60. The summed E-state index contributed by atoms with van der Waals surface area (Å²) in [6, 6.07) is 8.00. The van der Waals surface area contributed by atoms with Crippen molar-refractivity contribution in [2.75, 3.05) is 19.7 Å². The SMILES string of the molecule is CCOC(=O)C1CCN(C(=O)C(C)Sc2nc3ccccc3s2)CC1. The van der Waals surface area contributed by atoms with E-state index in [2.05, 4.69) is 4.98 Å². The fourth-order valence-corrected chi connectivity index (χ4v) is 5.25. The van der Waals surface area contributed by atoms with Crippen LogP contribution in [0.3, 0.4) is 0 Å². The third-order valence-electron chi connectivity index (χ3n) is 4.33. The Morgan fingerprint density at radius 1 is 1.36 bits per heavy atom. The molecule has 1 aliphatic rings. The van der Waals surface area contributed by atoms with Crippen molar-refractivity contribution >= 4 is 45.2 Å². The molecular weight excluding hydrogens is 356 g/mol. The molecule has 25 heavy (non-hydrogen) atoms. The molecule has 0 bridgehead atoms. The number of piperidine rings is 1. The Morgan fingerprint density at radius 2 is 2.08 bits per heavy atom. The minimum absolute atomic E-state index is 0.0729. The topological polar surface area (TPSA) is 59.5 Å². The molecule has 0 radical (unpaired) electrons. The quantitative estimate of drug-likeness (QED) is 0.588. The van der Waals surface area contributed by atoms with Gasteiger partial charge in [-0.1, -0.05) is 23.9 Å². The molecule has 7 heteroatoms. The van der Waals surface area contributed by atoms with Crippen LogP contribution in [0, 0.1) is 5.92 Å². The summed E-state index contributed by atoms with van der Waals surface area (Å²) in [4.78, 5) is 30.9. The highest BCUT2D eigenvalue weighted by atomic mass is 32.2. The zero-order valence-corrected chi connectivity index (χ0v) is 16.1. The molecule has 2 aromatic rings. The van der Waals surface area contributed by atoms with Crippen LogP contribution in [0.1, 0.15) is 26.7 Å². The van der Waals surface area contributed by atoms with Gasteiger partial charge in [0.15, 0.2) is 4.34 Å².